The minimum absolute atomic E-state index is 0.438. The molecule has 1 N–H and O–H groups in total. The zero-order valence-corrected chi connectivity index (χ0v) is 12.6. The maximum atomic E-state index is 8.34. The maximum absolute atomic E-state index is 8.34. The zero-order valence-electron chi connectivity index (χ0n) is 10.6. The molecule has 0 aromatic heterocycles. The predicted octanol–water partition coefficient (Wildman–Crippen LogP) is 3.83. The van der Waals surface area contributed by atoms with Crippen LogP contribution in [0.3, 0.4) is 0 Å². The van der Waals surface area contributed by atoms with Gasteiger partial charge in [0.15, 0.2) is 16.6 Å². The van der Waals surface area contributed by atoms with E-state index in [2.05, 4.69) is 44.2 Å². The SMILES string of the molecule is C=C(CCC[Si](C)(C)O[Si](C)(C)C)OO. The first-order valence-corrected chi connectivity index (χ1v) is 11.9. The summed E-state index contributed by atoms with van der Waals surface area (Å²) >= 11 is 0. The minimum Gasteiger partial charge on any atom is -0.456 e. The number of hydrogen-bond acceptors (Lipinski definition) is 3. The minimum atomic E-state index is -1.53. The molecule has 0 aromatic rings. The first-order chi connectivity index (χ1) is 6.66. The van der Waals surface area contributed by atoms with E-state index in [1.165, 1.54) is 0 Å². The van der Waals surface area contributed by atoms with E-state index < -0.39 is 16.6 Å². The van der Waals surface area contributed by atoms with Crippen LogP contribution in [0.2, 0.25) is 38.8 Å². The molecule has 15 heavy (non-hydrogen) atoms. The van der Waals surface area contributed by atoms with E-state index in [1.807, 2.05) is 0 Å². The summed E-state index contributed by atoms with van der Waals surface area (Å²) in [5.74, 6) is 0.438. The van der Waals surface area contributed by atoms with Gasteiger partial charge in [0.2, 0.25) is 0 Å². The summed E-state index contributed by atoms with van der Waals surface area (Å²) < 4.78 is 6.19. The molecule has 0 aliphatic heterocycles. The van der Waals surface area contributed by atoms with Crippen LogP contribution in [0.5, 0.6) is 0 Å². The molecule has 90 valence electrons. The fourth-order valence-electron chi connectivity index (χ4n) is 1.64. The average Bonchev–Trinajstić information content (AvgIpc) is 1.98. The van der Waals surface area contributed by atoms with Crippen molar-refractivity contribution in [2.45, 2.75) is 51.6 Å². The Balaban J connectivity index is 3.89. The molecule has 0 bridgehead atoms. The number of rotatable bonds is 7. The quantitative estimate of drug-likeness (QED) is 0.322. The molecule has 0 radical (unpaired) electrons. The summed E-state index contributed by atoms with van der Waals surface area (Å²) in [6, 6.07) is 1.08. The van der Waals surface area contributed by atoms with Crippen molar-refractivity contribution in [3.63, 3.8) is 0 Å². The zero-order chi connectivity index (χ0) is 12.1. The Hall–Kier alpha value is -0.106. The molecule has 0 fully saturated rings. The highest BCUT2D eigenvalue weighted by molar-refractivity contribution is 6.84. The van der Waals surface area contributed by atoms with Gasteiger partial charge in [-0.15, -0.1) is 0 Å². The van der Waals surface area contributed by atoms with Gasteiger partial charge in [-0.3, -0.25) is 0 Å². The summed E-state index contributed by atoms with van der Waals surface area (Å²) in [5.41, 5.74) is 0. The highest BCUT2D eigenvalue weighted by Gasteiger charge is 2.28. The van der Waals surface area contributed by atoms with Crippen LogP contribution in [0.1, 0.15) is 12.8 Å². The molecule has 3 nitrogen and oxygen atoms in total. The Morgan fingerprint density at radius 1 is 1.20 bits per heavy atom. The van der Waals surface area contributed by atoms with Crippen LogP contribution >= 0.6 is 0 Å². The number of allylic oxidation sites excluding steroid dienone is 1. The highest BCUT2D eigenvalue weighted by Crippen LogP contribution is 2.21. The topological polar surface area (TPSA) is 38.7 Å². The van der Waals surface area contributed by atoms with Crippen molar-refractivity contribution in [1.82, 2.24) is 0 Å². The fourth-order valence-corrected chi connectivity index (χ4v) is 9.70. The Morgan fingerprint density at radius 3 is 2.13 bits per heavy atom. The van der Waals surface area contributed by atoms with E-state index >= 15 is 0 Å². The molecule has 0 aromatic carbocycles. The van der Waals surface area contributed by atoms with Crippen LogP contribution < -0.4 is 0 Å². The summed E-state index contributed by atoms with van der Waals surface area (Å²) in [6.45, 7) is 14.7. The molecule has 0 unspecified atom stereocenters. The summed E-state index contributed by atoms with van der Waals surface area (Å²) in [6.07, 6.45) is 1.69. The van der Waals surface area contributed by atoms with Crippen molar-refractivity contribution >= 4 is 16.6 Å². The second-order valence-corrected chi connectivity index (χ2v) is 14.5. The van der Waals surface area contributed by atoms with E-state index in [1.54, 1.807) is 0 Å². The summed E-state index contributed by atoms with van der Waals surface area (Å²) in [7, 11) is -2.95. The Labute approximate surface area is 95.3 Å². The molecule has 0 amide bonds. The smallest absolute Gasteiger partial charge is 0.173 e. The third kappa shape index (κ3) is 8.86. The van der Waals surface area contributed by atoms with Crippen LogP contribution in [0.15, 0.2) is 12.3 Å². The molecule has 0 rings (SSSR count). The summed E-state index contributed by atoms with van der Waals surface area (Å²) in [4.78, 5) is 4.05. The second-order valence-electron chi connectivity index (χ2n) is 5.46. The third-order valence-electron chi connectivity index (χ3n) is 1.95. The molecular formula is C10H24O3Si2. The van der Waals surface area contributed by atoms with Gasteiger partial charge in [0, 0.05) is 6.42 Å². The lowest BCUT2D eigenvalue weighted by Crippen LogP contribution is -2.42. The Kier molecular flexibility index (Phi) is 5.80. The molecule has 0 saturated carbocycles. The average molecular weight is 248 g/mol. The first kappa shape index (κ1) is 14.9. The fraction of sp³-hybridized carbons (Fsp3) is 0.800. The highest BCUT2D eigenvalue weighted by atomic mass is 28.4. The van der Waals surface area contributed by atoms with Crippen LogP contribution in [0.25, 0.3) is 0 Å². The van der Waals surface area contributed by atoms with Crippen molar-refractivity contribution in [2.75, 3.05) is 0 Å². The van der Waals surface area contributed by atoms with Crippen molar-refractivity contribution in [1.29, 1.82) is 0 Å². The normalized spacial score (nSPS) is 12.7. The maximum Gasteiger partial charge on any atom is 0.173 e. The third-order valence-corrected chi connectivity index (χ3v) is 8.16. The van der Waals surface area contributed by atoms with Crippen molar-refractivity contribution in [3.8, 4) is 0 Å². The largest absolute Gasteiger partial charge is 0.456 e. The van der Waals surface area contributed by atoms with Gasteiger partial charge in [0.05, 0.1) is 0 Å². The Bertz CT molecular complexity index is 209. The van der Waals surface area contributed by atoms with Crippen LogP contribution in [-0.4, -0.2) is 21.9 Å². The lowest BCUT2D eigenvalue weighted by atomic mass is 10.3. The molecule has 0 saturated heterocycles. The van der Waals surface area contributed by atoms with Gasteiger partial charge in [-0.1, -0.05) is 6.58 Å². The summed E-state index contributed by atoms with van der Waals surface area (Å²) in [5, 5.41) is 8.34. The van der Waals surface area contributed by atoms with E-state index in [0.29, 0.717) is 12.2 Å². The lowest BCUT2D eigenvalue weighted by molar-refractivity contribution is -0.205. The van der Waals surface area contributed by atoms with Crippen molar-refractivity contribution < 1.29 is 14.3 Å². The molecule has 0 aliphatic rings. The van der Waals surface area contributed by atoms with Crippen molar-refractivity contribution in [3.05, 3.63) is 12.3 Å². The van der Waals surface area contributed by atoms with Crippen LogP contribution in [0.4, 0.5) is 0 Å². The molecular weight excluding hydrogens is 224 g/mol. The monoisotopic (exact) mass is 248 g/mol. The van der Waals surface area contributed by atoms with E-state index in [9.17, 15) is 0 Å². The number of hydrogen-bond donors (Lipinski definition) is 1. The van der Waals surface area contributed by atoms with E-state index in [4.69, 9.17) is 9.37 Å². The van der Waals surface area contributed by atoms with Gasteiger partial charge >= 0.3 is 0 Å². The molecule has 0 spiro atoms. The van der Waals surface area contributed by atoms with E-state index in [-0.39, 0.29) is 0 Å². The Morgan fingerprint density at radius 2 is 1.73 bits per heavy atom. The van der Waals surface area contributed by atoms with Gasteiger partial charge < -0.3 is 9.00 Å². The molecule has 5 heteroatoms. The predicted molar refractivity (Wildman–Crippen MR) is 68.8 cm³/mol. The molecule has 0 aliphatic carbocycles. The van der Waals surface area contributed by atoms with Gasteiger partial charge in [0.25, 0.3) is 0 Å². The first-order valence-electron chi connectivity index (χ1n) is 5.36. The van der Waals surface area contributed by atoms with Gasteiger partial charge in [0.1, 0.15) is 5.76 Å². The van der Waals surface area contributed by atoms with Crippen LogP contribution in [-0.2, 0) is 9.00 Å². The standard InChI is InChI=1S/C10H24O3Si2/c1-10(12-11)8-7-9-15(5,6)13-14(2,3)4/h11H,1,7-9H2,2-6H3. The molecule has 0 atom stereocenters. The van der Waals surface area contributed by atoms with Gasteiger partial charge in [-0.05, 0) is 45.2 Å². The van der Waals surface area contributed by atoms with Gasteiger partial charge in [-0.2, -0.15) is 0 Å². The van der Waals surface area contributed by atoms with Crippen LogP contribution in [0, 0.1) is 0 Å². The van der Waals surface area contributed by atoms with E-state index in [0.717, 1.165) is 12.5 Å². The lowest BCUT2D eigenvalue weighted by Gasteiger charge is -2.31. The van der Waals surface area contributed by atoms with Gasteiger partial charge in [-0.25, -0.2) is 5.26 Å². The second kappa shape index (κ2) is 5.84. The van der Waals surface area contributed by atoms with Crippen molar-refractivity contribution in [2.24, 2.45) is 0 Å². The molecule has 0 heterocycles.